The third kappa shape index (κ3) is 1.93. The normalized spacial score (nSPS) is 10.4. The van der Waals surface area contributed by atoms with Crippen LogP contribution in [-0.4, -0.2) is 9.97 Å². The first-order chi connectivity index (χ1) is 8.83. The summed E-state index contributed by atoms with van der Waals surface area (Å²) in [5.74, 6) is 0. The number of anilines is 2. The van der Waals surface area contributed by atoms with Gasteiger partial charge in [0.05, 0.1) is 0 Å². The molecule has 2 heterocycles. The summed E-state index contributed by atoms with van der Waals surface area (Å²) in [7, 11) is 0. The number of para-hydroxylation sites is 1. The first-order valence-corrected chi connectivity index (χ1v) is 5.41. The number of nitrogens with one attached hydrogen (secondary N) is 1. The van der Waals surface area contributed by atoms with Gasteiger partial charge in [-0.25, -0.2) is 9.78 Å². The highest BCUT2D eigenvalue weighted by Crippen LogP contribution is 2.14. The van der Waals surface area contributed by atoms with E-state index in [1.165, 1.54) is 0 Å². The van der Waals surface area contributed by atoms with E-state index in [0.717, 1.165) is 5.69 Å². The molecule has 0 saturated carbocycles. The molecular formula is C13H9N3O2. The maximum Gasteiger partial charge on any atom is 0.349 e. The van der Waals surface area contributed by atoms with E-state index < -0.39 is 5.63 Å². The van der Waals surface area contributed by atoms with Crippen molar-refractivity contribution in [2.24, 2.45) is 0 Å². The average Bonchev–Trinajstić information content (AvgIpc) is 2.40. The molecule has 2 aromatic heterocycles. The maximum absolute atomic E-state index is 11.7. The molecule has 18 heavy (non-hydrogen) atoms. The van der Waals surface area contributed by atoms with Gasteiger partial charge in [-0.3, -0.25) is 0 Å². The lowest BCUT2D eigenvalue weighted by Crippen LogP contribution is -2.05. The molecular weight excluding hydrogens is 230 g/mol. The molecule has 0 radical (unpaired) electrons. The van der Waals surface area contributed by atoms with Crippen LogP contribution in [0.5, 0.6) is 0 Å². The minimum atomic E-state index is -0.452. The number of benzene rings is 1. The average molecular weight is 239 g/mol. The van der Waals surface area contributed by atoms with Crippen LogP contribution in [0.25, 0.3) is 11.0 Å². The van der Waals surface area contributed by atoms with Crippen LogP contribution in [0.3, 0.4) is 0 Å². The number of fused-ring (bicyclic) bond motifs is 1. The minimum Gasteiger partial charge on any atom is -0.388 e. The summed E-state index contributed by atoms with van der Waals surface area (Å²) in [6.45, 7) is 0. The Labute approximate surface area is 102 Å². The molecule has 0 spiro atoms. The Kier molecular flexibility index (Phi) is 2.49. The number of aromatic nitrogens is 2. The van der Waals surface area contributed by atoms with Crippen molar-refractivity contribution in [3.63, 3.8) is 0 Å². The number of rotatable bonds is 2. The molecule has 0 saturated heterocycles. The number of hydrogen-bond acceptors (Lipinski definition) is 5. The van der Waals surface area contributed by atoms with Crippen LogP contribution in [0.15, 0.2) is 57.9 Å². The smallest absolute Gasteiger partial charge is 0.349 e. The Bertz CT molecular complexity index is 738. The van der Waals surface area contributed by atoms with Gasteiger partial charge in [0.2, 0.25) is 0 Å². The van der Waals surface area contributed by atoms with Gasteiger partial charge in [0.25, 0.3) is 0 Å². The summed E-state index contributed by atoms with van der Waals surface area (Å²) in [6, 6.07) is 12.8. The second kappa shape index (κ2) is 4.29. The third-order valence-corrected chi connectivity index (χ3v) is 2.43. The van der Waals surface area contributed by atoms with E-state index in [1.807, 2.05) is 30.3 Å². The first kappa shape index (κ1) is 10.5. The second-order valence-electron chi connectivity index (χ2n) is 3.67. The molecule has 1 N–H and O–H groups in total. The highest BCUT2D eigenvalue weighted by Gasteiger charge is 2.06. The maximum atomic E-state index is 11.7. The summed E-state index contributed by atoms with van der Waals surface area (Å²) in [5, 5.41) is 3.29. The monoisotopic (exact) mass is 239 g/mol. The van der Waals surface area contributed by atoms with Gasteiger partial charge in [0, 0.05) is 11.9 Å². The molecule has 5 nitrogen and oxygen atoms in total. The predicted molar refractivity (Wildman–Crippen MR) is 67.8 cm³/mol. The van der Waals surface area contributed by atoms with Crippen LogP contribution < -0.4 is 10.9 Å². The number of nitrogens with zero attached hydrogens (tertiary/aromatic N) is 2. The molecule has 0 aliphatic heterocycles. The lowest BCUT2D eigenvalue weighted by molar-refractivity contribution is 0.521. The zero-order valence-corrected chi connectivity index (χ0v) is 9.33. The molecule has 88 valence electrons. The van der Waals surface area contributed by atoms with Crippen molar-refractivity contribution in [2.45, 2.75) is 0 Å². The van der Waals surface area contributed by atoms with Gasteiger partial charge in [0.1, 0.15) is 5.39 Å². The second-order valence-corrected chi connectivity index (χ2v) is 3.67. The van der Waals surface area contributed by atoms with Gasteiger partial charge in [-0.15, -0.1) is 0 Å². The molecule has 0 fully saturated rings. The van der Waals surface area contributed by atoms with Crippen LogP contribution in [0.4, 0.5) is 11.7 Å². The highest BCUT2D eigenvalue weighted by molar-refractivity contribution is 5.73. The molecule has 0 bridgehead atoms. The Hall–Kier alpha value is -2.69. The molecule has 0 unspecified atom stereocenters. The molecule has 1 aromatic carbocycles. The Morgan fingerprint density at radius 3 is 2.72 bits per heavy atom. The van der Waals surface area contributed by atoms with E-state index in [9.17, 15) is 4.79 Å². The van der Waals surface area contributed by atoms with E-state index in [2.05, 4.69) is 15.3 Å². The van der Waals surface area contributed by atoms with Crippen molar-refractivity contribution < 1.29 is 4.42 Å². The highest BCUT2D eigenvalue weighted by atomic mass is 16.4. The molecule has 0 atom stereocenters. The van der Waals surface area contributed by atoms with Crippen molar-refractivity contribution >= 4 is 22.7 Å². The van der Waals surface area contributed by atoms with Crippen LogP contribution in [0.2, 0.25) is 0 Å². The van der Waals surface area contributed by atoms with E-state index >= 15 is 0 Å². The van der Waals surface area contributed by atoms with E-state index in [4.69, 9.17) is 4.42 Å². The van der Waals surface area contributed by atoms with Crippen molar-refractivity contribution in [1.29, 1.82) is 0 Å². The van der Waals surface area contributed by atoms with Gasteiger partial charge in [-0.05, 0) is 24.3 Å². The summed E-state index contributed by atoms with van der Waals surface area (Å²) in [5.41, 5.74) is 0.710. The largest absolute Gasteiger partial charge is 0.388 e. The zero-order valence-electron chi connectivity index (χ0n) is 9.33. The van der Waals surface area contributed by atoms with Crippen molar-refractivity contribution in [2.75, 3.05) is 5.32 Å². The standard InChI is InChI=1S/C13H9N3O2/c17-12-10-7-4-8-14-11(10)16-13(18-12)15-9-5-2-1-3-6-9/h1-8H,(H,14,15,16). The third-order valence-electron chi connectivity index (χ3n) is 2.43. The van der Waals surface area contributed by atoms with Crippen molar-refractivity contribution in [3.8, 4) is 0 Å². The fourth-order valence-electron chi connectivity index (χ4n) is 1.61. The molecule has 0 aliphatic rings. The molecule has 3 aromatic rings. The molecule has 5 heteroatoms. The van der Waals surface area contributed by atoms with Gasteiger partial charge in [-0.2, -0.15) is 4.98 Å². The van der Waals surface area contributed by atoms with Crippen molar-refractivity contribution in [3.05, 3.63) is 59.1 Å². The number of hydrogen-bond donors (Lipinski definition) is 1. The van der Waals surface area contributed by atoms with E-state index in [0.29, 0.717) is 11.0 Å². The summed E-state index contributed by atoms with van der Waals surface area (Å²) in [4.78, 5) is 19.9. The summed E-state index contributed by atoms with van der Waals surface area (Å²) >= 11 is 0. The Morgan fingerprint density at radius 2 is 1.89 bits per heavy atom. The predicted octanol–water partition coefficient (Wildman–Crippen LogP) is 2.33. The molecule has 0 amide bonds. The summed E-state index contributed by atoms with van der Waals surface area (Å²) < 4.78 is 5.08. The van der Waals surface area contributed by atoms with Gasteiger partial charge >= 0.3 is 11.6 Å². The topological polar surface area (TPSA) is 68.0 Å². The molecule has 0 aliphatic carbocycles. The van der Waals surface area contributed by atoms with Crippen LogP contribution in [0.1, 0.15) is 0 Å². The quantitative estimate of drug-likeness (QED) is 0.743. The minimum absolute atomic E-state index is 0.136. The fourth-order valence-corrected chi connectivity index (χ4v) is 1.61. The zero-order chi connectivity index (χ0) is 12.4. The SMILES string of the molecule is O=c1oc(Nc2ccccc2)nc2ncccc12. The van der Waals surface area contributed by atoms with Crippen LogP contribution >= 0.6 is 0 Å². The Balaban J connectivity index is 2.06. The molecule has 3 rings (SSSR count). The van der Waals surface area contributed by atoms with Gasteiger partial charge < -0.3 is 9.73 Å². The van der Waals surface area contributed by atoms with E-state index in [-0.39, 0.29) is 6.01 Å². The van der Waals surface area contributed by atoms with E-state index in [1.54, 1.807) is 18.3 Å². The van der Waals surface area contributed by atoms with Crippen molar-refractivity contribution in [1.82, 2.24) is 9.97 Å². The van der Waals surface area contributed by atoms with Gasteiger partial charge in [0.15, 0.2) is 5.65 Å². The Morgan fingerprint density at radius 1 is 1.06 bits per heavy atom. The van der Waals surface area contributed by atoms with Crippen LogP contribution in [0, 0.1) is 0 Å². The summed E-state index contributed by atoms with van der Waals surface area (Å²) in [6.07, 6.45) is 1.58. The van der Waals surface area contributed by atoms with Gasteiger partial charge in [-0.1, -0.05) is 18.2 Å². The lowest BCUT2D eigenvalue weighted by atomic mass is 10.3. The first-order valence-electron chi connectivity index (χ1n) is 5.41. The number of pyridine rings is 1. The lowest BCUT2D eigenvalue weighted by Gasteiger charge is -2.03. The van der Waals surface area contributed by atoms with Crippen LogP contribution in [-0.2, 0) is 0 Å². The fraction of sp³-hybridized carbons (Fsp3) is 0.